The first-order chi connectivity index (χ1) is 11.3. The molecule has 2 fully saturated rings. The fourth-order valence-corrected chi connectivity index (χ4v) is 4.37. The molecule has 0 aliphatic carbocycles. The van der Waals surface area contributed by atoms with E-state index in [1.165, 1.54) is 11.8 Å². The summed E-state index contributed by atoms with van der Waals surface area (Å²) in [6, 6.07) is 5.60. The predicted molar refractivity (Wildman–Crippen MR) is 87.4 cm³/mol. The highest BCUT2D eigenvalue weighted by Gasteiger charge is 2.50. The average Bonchev–Trinajstić information content (AvgIpc) is 3.29. The molecule has 0 bridgehead atoms. The first-order valence-corrected chi connectivity index (χ1v) is 8.82. The van der Waals surface area contributed by atoms with Gasteiger partial charge in [-0.15, -0.1) is 0 Å². The fraction of sp³-hybridized carbons (Fsp3) is 0.471. The van der Waals surface area contributed by atoms with Crippen LogP contribution in [0.3, 0.4) is 0 Å². The minimum absolute atomic E-state index is 0.0261. The number of nitrogens with one attached hydrogen (secondary N) is 1. The van der Waals surface area contributed by atoms with Crippen LogP contribution in [0.2, 0.25) is 0 Å². The molecule has 0 unspecified atom stereocenters. The van der Waals surface area contributed by atoms with Crippen LogP contribution in [0.4, 0.5) is 0 Å². The molecule has 5 nitrogen and oxygen atoms in total. The average molecular weight is 332 g/mol. The van der Waals surface area contributed by atoms with Crippen molar-refractivity contribution in [2.75, 3.05) is 32.8 Å². The molecule has 0 aromatic carbocycles. The Kier molecular flexibility index (Phi) is 3.97. The Morgan fingerprint density at radius 1 is 1.48 bits per heavy atom. The van der Waals surface area contributed by atoms with Gasteiger partial charge >= 0.3 is 0 Å². The second-order valence-corrected chi connectivity index (χ2v) is 7.32. The van der Waals surface area contributed by atoms with Crippen LogP contribution in [0.15, 0.2) is 39.6 Å². The van der Waals surface area contributed by atoms with Crippen molar-refractivity contribution in [3.63, 3.8) is 0 Å². The van der Waals surface area contributed by atoms with Crippen molar-refractivity contribution in [1.29, 1.82) is 0 Å². The first-order valence-electron chi connectivity index (χ1n) is 7.88. The van der Waals surface area contributed by atoms with Crippen molar-refractivity contribution in [1.82, 2.24) is 10.2 Å². The summed E-state index contributed by atoms with van der Waals surface area (Å²) in [5.41, 5.74) is 1.39. The lowest BCUT2D eigenvalue weighted by Crippen LogP contribution is -2.43. The molecule has 4 rings (SSSR count). The van der Waals surface area contributed by atoms with E-state index in [0.717, 1.165) is 32.8 Å². The monoisotopic (exact) mass is 332 g/mol. The summed E-state index contributed by atoms with van der Waals surface area (Å²) in [5.74, 6) is 0.703. The zero-order valence-electron chi connectivity index (χ0n) is 12.9. The van der Waals surface area contributed by atoms with Crippen LogP contribution >= 0.6 is 11.3 Å². The quantitative estimate of drug-likeness (QED) is 0.912. The van der Waals surface area contributed by atoms with Crippen LogP contribution < -0.4 is 5.32 Å². The maximum absolute atomic E-state index is 12.1. The Balaban J connectivity index is 1.40. The van der Waals surface area contributed by atoms with Crippen LogP contribution in [0.5, 0.6) is 0 Å². The van der Waals surface area contributed by atoms with Gasteiger partial charge in [0.25, 0.3) is 5.91 Å². The number of carbonyl (C=O) groups is 1. The molecule has 2 atom stereocenters. The number of nitrogens with zero attached hydrogens (tertiary/aromatic N) is 1. The third-order valence-electron chi connectivity index (χ3n) is 4.92. The zero-order valence-corrected chi connectivity index (χ0v) is 13.7. The molecule has 1 amide bonds. The smallest absolute Gasteiger partial charge is 0.286 e. The highest BCUT2D eigenvalue weighted by atomic mass is 32.1. The van der Waals surface area contributed by atoms with Crippen molar-refractivity contribution >= 4 is 17.2 Å². The molecular weight excluding hydrogens is 312 g/mol. The normalized spacial score (nSPS) is 27.2. The van der Waals surface area contributed by atoms with Crippen LogP contribution in [-0.2, 0) is 11.3 Å². The molecule has 0 saturated carbocycles. The van der Waals surface area contributed by atoms with E-state index in [2.05, 4.69) is 27.0 Å². The number of rotatable bonds is 5. The molecule has 0 spiro atoms. The third-order valence-corrected chi connectivity index (χ3v) is 5.66. The molecule has 6 heteroatoms. The van der Waals surface area contributed by atoms with E-state index in [0.29, 0.717) is 18.2 Å². The Labute approximate surface area is 139 Å². The summed E-state index contributed by atoms with van der Waals surface area (Å²) in [5, 5.41) is 7.36. The number of furan rings is 1. The van der Waals surface area contributed by atoms with Gasteiger partial charge in [0.15, 0.2) is 5.76 Å². The molecule has 2 aromatic heterocycles. The summed E-state index contributed by atoms with van der Waals surface area (Å²) < 4.78 is 10.9. The molecule has 0 radical (unpaired) electrons. The van der Waals surface area contributed by atoms with Crippen molar-refractivity contribution in [3.05, 3.63) is 46.5 Å². The predicted octanol–water partition coefficient (Wildman–Crippen LogP) is 2.22. The molecule has 4 heterocycles. The molecule has 2 saturated heterocycles. The second kappa shape index (κ2) is 6.11. The van der Waals surface area contributed by atoms with Crippen LogP contribution in [0, 0.1) is 11.3 Å². The zero-order chi connectivity index (χ0) is 15.7. The molecule has 2 aliphatic rings. The Hall–Kier alpha value is -1.63. The number of hydrogen-bond acceptors (Lipinski definition) is 5. The molecular formula is C17H20N2O3S. The number of ether oxygens (including phenoxy) is 1. The molecule has 2 aliphatic heterocycles. The number of thiophene rings is 1. The van der Waals surface area contributed by atoms with Gasteiger partial charge in [-0.25, -0.2) is 0 Å². The number of amides is 1. The summed E-state index contributed by atoms with van der Waals surface area (Å²) in [7, 11) is 0. The fourth-order valence-electron chi connectivity index (χ4n) is 3.71. The summed E-state index contributed by atoms with van der Waals surface area (Å²) in [6.45, 7) is 5.12. The largest absolute Gasteiger partial charge is 0.459 e. The van der Waals surface area contributed by atoms with Gasteiger partial charge in [0.1, 0.15) is 0 Å². The molecule has 2 aromatic rings. The third kappa shape index (κ3) is 2.94. The second-order valence-electron chi connectivity index (χ2n) is 6.54. The van der Waals surface area contributed by atoms with Crippen LogP contribution in [-0.4, -0.2) is 43.7 Å². The topological polar surface area (TPSA) is 54.7 Å². The van der Waals surface area contributed by atoms with E-state index in [-0.39, 0.29) is 11.3 Å². The summed E-state index contributed by atoms with van der Waals surface area (Å²) in [6.07, 6.45) is 1.52. The summed E-state index contributed by atoms with van der Waals surface area (Å²) in [4.78, 5) is 14.6. The Morgan fingerprint density at radius 3 is 3.22 bits per heavy atom. The van der Waals surface area contributed by atoms with Crippen molar-refractivity contribution < 1.29 is 13.9 Å². The molecule has 122 valence electrons. The van der Waals surface area contributed by atoms with Crippen LogP contribution in [0.25, 0.3) is 0 Å². The lowest BCUT2D eigenvalue weighted by atomic mass is 9.81. The number of fused-ring (bicyclic) bond motifs is 1. The first kappa shape index (κ1) is 14.9. The van der Waals surface area contributed by atoms with Gasteiger partial charge in [-0.2, -0.15) is 11.3 Å². The van der Waals surface area contributed by atoms with Gasteiger partial charge in [-0.1, -0.05) is 0 Å². The van der Waals surface area contributed by atoms with Crippen molar-refractivity contribution in [2.45, 2.75) is 6.54 Å². The SMILES string of the molecule is O=C(NC[C@]12COC[C@H]1CN(Cc1ccsc1)C2)c1ccco1. The van der Waals surface area contributed by atoms with Gasteiger partial charge in [-0.3, -0.25) is 9.69 Å². The summed E-state index contributed by atoms with van der Waals surface area (Å²) >= 11 is 1.74. The molecule has 23 heavy (non-hydrogen) atoms. The number of carbonyl (C=O) groups excluding carboxylic acids is 1. The van der Waals surface area contributed by atoms with Crippen molar-refractivity contribution in [3.8, 4) is 0 Å². The minimum Gasteiger partial charge on any atom is -0.459 e. The van der Waals surface area contributed by atoms with Gasteiger partial charge in [0.2, 0.25) is 0 Å². The van der Waals surface area contributed by atoms with Crippen LogP contribution in [0.1, 0.15) is 16.1 Å². The highest BCUT2D eigenvalue weighted by Crippen LogP contribution is 2.41. The van der Waals surface area contributed by atoms with E-state index >= 15 is 0 Å². The lowest BCUT2D eigenvalue weighted by molar-refractivity contribution is 0.0878. The van der Waals surface area contributed by atoms with Gasteiger partial charge < -0.3 is 14.5 Å². The highest BCUT2D eigenvalue weighted by molar-refractivity contribution is 7.07. The molecule has 1 N–H and O–H groups in total. The Bertz CT molecular complexity index is 655. The van der Waals surface area contributed by atoms with E-state index < -0.39 is 0 Å². The van der Waals surface area contributed by atoms with E-state index in [9.17, 15) is 4.79 Å². The Morgan fingerprint density at radius 2 is 2.43 bits per heavy atom. The van der Waals surface area contributed by atoms with Crippen molar-refractivity contribution in [2.24, 2.45) is 11.3 Å². The van der Waals surface area contributed by atoms with Gasteiger partial charge in [0, 0.05) is 37.5 Å². The maximum Gasteiger partial charge on any atom is 0.286 e. The lowest BCUT2D eigenvalue weighted by Gasteiger charge is -2.27. The minimum atomic E-state index is -0.147. The van der Waals surface area contributed by atoms with E-state index in [1.54, 1.807) is 23.5 Å². The van der Waals surface area contributed by atoms with E-state index in [4.69, 9.17) is 9.15 Å². The maximum atomic E-state index is 12.1. The standard InChI is InChI=1S/C17H20N2O3S/c20-16(15-2-1-4-22-15)18-10-17-11-19(6-13-3-5-23-9-13)7-14(17)8-21-12-17/h1-5,9,14H,6-8,10-12H2,(H,18,20)/t14-,17+/m1/s1. The number of likely N-dealkylation sites (tertiary alicyclic amines) is 1. The van der Waals surface area contributed by atoms with Gasteiger partial charge in [-0.05, 0) is 34.5 Å². The van der Waals surface area contributed by atoms with Gasteiger partial charge in [0.05, 0.1) is 19.5 Å². The van der Waals surface area contributed by atoms with E-state index in [1.807, 2.05) is 0 Å². The number of hydrogen-bond donors (Lipinski definition) is 1.